The van der Waals surface area contributed by atoms with Gasteiger partial charge in [0, 0.05) is 12.5 Å². The van der Waals surface area contributed by atoms with Gasteiger partial charge in [0.2, 0.25) is 11.6 Å². The Labute approximate surface area is 80.8 Å². The van der Waals surface area contributed by atoms with Crippen molar-refractivity contribution in [3.05, 3.63) is 23.8 Å². The average Bonchev–Trinajstić information content (AvgIpc) is 2.15. The third-order valence-corrected chi connectivity index (χ3v) is 1.80. The molecule has 0 aliphatic heterocycles. The second kappa shape index (κ2) is 3.91. The van der Waals surface area contributed by atoms with Gasteiger partial charge in [-0.3, -0.25) is 9.59 Å². The maximum atomic E-state index is 11.3. The molecule has 4 nitrogen and oxygen atoms in total. The summed E-state index contributed by atoms with van der Waals surface area (Å²) in [6.07, 6.45) is 0.0964. The number of rotatable bonds is 3. The van der Waals surface area contributed by atoms with E-state index in [9.17, 15) is 14.7 Å². The standard InChI is InChI=1S/C10H10O4/c1-2-8(12)10(14)7-4-3-6(11)5-9(7)13/h3-5,11,13H,2H2,1H3. The van der Waals surface area contributed by atoms with Crippen molar-refractivity contribution in [2.45, 2.75) is 13.3 Å². The minimum absolute atomic E-state index is 0.0744. The Hall–Kier alpha value is -1.84. The van der Waals surface area contributed by atoms with Crippen LogP contribution in [0.1, 0.15) is 23.7 Å². The molecule has 0 spiro atoms. The SMILES string of the molecule is CCC(=O)C(=O)c1ccc(O)cc1O. The first kappa shape index (κ1) is 10.2. The molecule has 0 aliphatic rings. The molecule has 0 aliphatic carbocycles. The van der Waals surface area contributed by atoms with Crippen LogP contribution in [-0.4, -0.2) is 21.8 Å². The lowest BCUT2D eigenvalue weighted by atomic mass is 10.0. The summed E-state index contributed by atoms with van der Waals surface area (Å²) in [5, 5.41) is 18.2. The van der Waals surface area contributed by atoms with E-state index in [1.165, 1.54) is 12.1 Å². The number of carbonyl (C=O) groups excluding carboxylic acids is 2. The Balaban J connectivity index is 3.08. The molecule has 1 aromatic rings. The van der Waals surface area contributed by atoms with Crippen molar-refractivity contribution in [2.24, 2.45) is 0 Å². The molecule has 0 heterocycles. The minimum atomic E-state index is -0.731. The van der Waals surface area contributed by atoms with E-state index in [2.05, 4.69) is 0 Å². The zero-order chi connectivity index (χ0) is 10.7. The molecule has 0 amide bonds. The zero-order valence-corrected chi connectivity index (χ0v) is 7.65. The Morgan fingerprint density at radius 1 is 1.29 bits per heavy atom. The quantitative estimate of drug-likeness (QED) is 0.561. The normalized spacial score (nSPS) is 9.79. The number of hydrogen-bond acceptors (Lipinski definition) is 4. The molecule has 0 aromatic heterocycles. The molecule has 1 rings (SSSR count). The molecule has 0 fully saturated rings. The highest BCUT2D eigenvalue weighted by Crippen LogP contribution is 2.23. The monoisotopic (exact) mass is 194 g/mol. The van der Waals surface area contributed by atoms with Gasteiger partial charge >= 0.3 is 0 Å². The molecule has 0 atom stereocenters. The summed E-state index contributed by atoms with van der Waals surface area (Å²) in [4.78, 5) is 22.3. The first-order chi connectivity index (χ1) is 6.56. The summed E-state index contributed by atoms with van der Waals surface area (Å²) >= 11 is 0. The minimum Gasteiger partial charge on any atom is -0.508 e. The number of hydrogen-bond donors (Lipinski definition) is 2. The molecule has 0 radical (unpaired) electrons. The predicted molar refractivity (Wildman–Crippen MR) is 49.4 cm³/mol. The molecule has 2 N–H and O–H groups in total. The maximum Gasteiger partial charge on any atom is 0.232 e. The summed E-state index contributed by atoms with van der Waals surface area (Å²) in [6, 6.07) is 3.49. The molecule has 4 heteroatoms. The summed E-state index contributed by atoms with van der Waals surface area (Å²) in [7, 11) is 0. The van der Waals surface area contributed by atoms with Crippen molar-refractivity contribution in [2.75, 3.05) is 0 Å². The van der Waals surface area contributed by atoms with Crippen LogP contribution in [0.25, 0.3) is 0 Å². The molecule has 74 valence electrons. The number of carbonyl (C=O) groups is 2. The van der Waals surface area contributed by atoms with Crippen molar-refractivity contribution in [3.63, 3.8) is 0 Å². The third kappa shape index (κ3) is 1.90. The van der Waals surface area contributed by atoms with E-state index in [1.54, 1.807) is 6.92 Å². The predicted octanol–water partition coefficient (Wildman–Crippen LogP) is 1.26. The van der Waals surface area contributed by atoms with Gasteiger partial charge in [0.05, 0.1) is 5.56 Å². The summed E-state index contributed by atoms with van der Waals surface area (Å²) in [5.41, 5.74) is -0.0744. The fourth-order valence-corrected chi connectivity index (χ4v) is 1.02. The number of phenols is 2. The van der Waals surface area contributed by atoms with Gasteiger partial charge in [-0.2, -0.15) is 0 Å². The van der Waals surface area contributed by atoms with Crippen LogP contribution in [-0.2, 0) is 4.79 Å². The van der Waals surface area contributed by atoms with Crippen molar-refractivity contribution in [3.8, 4) is 11.5 Å². The number of ketones is 2. The highest BCUT2D eigenvalue weighted by atomic mass is 16.3. The van der Waals surface area contributed by atoms with E-state index in [1.807, 2.05) is 0 Å². The summed E-state index contributed by atoms with van der Waals surface area (Å²) < 4.78 is 0. The van der Waals surface area contributed by atoms with E-state index in [-0.39, 0.29) is 23.5 Å². The highest BCUT2D eigenvalue weighted by Gasteiger charge is 2.17. The Bertz CT molecular complexity index is 382. The van der Waals surface area contributed by atoms with Crippen LogP contribution < -0.4 is 0 Å². The average molecular weight is 194 g/mol. The number of aromatic hydroxyl groups is 2. The maximum absolute atomic E-state index is 11.3. The fraction of sp³-hybridized carbons (Fsp3) is 0.200. The fourth-order valence-electron chi connectivity index (χ4n) is 1.02. The smallest absolute Gasteiger partial charge is 0.232 e. The van der Waals surface area contributed by atoms with E-state index in [0.717, 1.165) is 6.07 Å². The van der Waals surface area contributed by atoms with Gasteiger partial charge in [0.25, 0.3) is 0 Å². The van der Waals surface area contributed by atoms with E-state index in [4.69, 9.17) is 5.11 Å². The largest absolute Gasteiger partial charge is 0.508 e. The van der Waals surface area contributed by atoms with Crippen molar-refractivity contribution in [1.29, 1.82) is 0 Å². The molecule has 0 unspecified atom stereocenters. The topological polar surface area (TPSA) is 74.6 Å². The third-order valence-electron chi connectivity index (χ3n) is 1.80. The van der Waals surface area contributed by atoms with Gasteiger partial charge in [-0.1, -0.05) is 6.92 Å². The second-order valence-electron chi connectivity index (χ2n) is 2.81. The van der Waals surface area contributed by atoms with Crippen LogP contribution in [0, 0.1) is 0 Å². The first-order valence-electron chi connectivity index (χ1n) is 4.15. The highest BCUT2D eigenvalue weighted by molar-refractivity contribution is 6.44. The van der Waals surface area contributed by atoms with E-state index in [0.29, 0.717) is 0 Å². The molecule has 1 aromatic carbocycles. The Kier molecular flexibility index (Phi) is 2.86. The van der Waals surface area contributed by atoms with Gasteiger partial charge in [-0.25, -0.2) is 0 Å². The van der Waals surface area contributed by atoms with Gasteiger partial charge in [-0.15, -0.1) is 0 Å². The van der Waals surface area contributed by atoms with Crippen LogP contribution >= 0.6 is 0 Å². The van der Waals surface area contributed by atoms with Crippen LogP contribution in [0.2, 0.25) is 0 Å². The second-order valence-corrected chi connectivity index (χ2v) is 2.81. The lowest BCUT2D eigenvalue weighted by molar-refractivity contribution is -0.114. The summed E-state index contributed by atoms with van der Waals surface area (Å²) in [5.74, 6) is -1.82. The van der Waals surface area contributed by atoms with Crippen molar-refractivity contribution in [1.82, 2.24) is 0 Å². The number of Topliss-reactive ketones (excluding diaryl/α,β-unsaturated/α-hetero) is 2. The molecular formula is C10H10O4. The van der Waals surface area contributed by atoms with Crippen LogP contribution in [0.4, 0.5) is 0 Å². The van der Waals surface area contributed by atoms with Gasteiger partial charge < -0.3 is 10.2 Å². The zero-order valence-electron chi connectivity index (χ0n) is 7.65. The first-order valence-corrected chi connectivity index (χ1v) is 4.15. The number of phenolic OH excluding ortho intramolecular Hbond substituents is 2. The molecule has 14 heavy (non-hydrogen) atoms. The lowest BCUT2D eigenvalue weighted by Crippen LogP contribution is -2.12. The van der Waals surface area contributed by atoms with Crippen molar-refractivity contribution >= 4 is 11.6 Å². The van der Waals surface area contributed by atoms with Gasteiger partial charge in [0.1, 0.15) is 11.5 Å². The Morgan fingerprint density at radius 2 is 1.93 bits per heavy atom. The van der Waals surface area contributed by atoms with Crippen LogP contribution in [0.5, 0.6) is 11.5 Å². The Morgan fingerprint density at radius 3 is 2.43 bits per heavy atom. The molecule has 0 bridgehead atoms. The van der Waals surface area contributed by atoms with Crippen LogP contribution in [0.15, 0.2) is 18.2 Å². The molecule has 0 saturated carbocycles. The lowest BCUT2D eigenvalue weighted by Gasteiger charge is -2.01. The van der Waals surface area contributed by atoms with Gasteiger partial charge in [0.15, 0.2) is 0 Å². The molecule has 0 saturated heterocycles. The van der Waals surface area contributed by atoms with E-state index >= 15 is 0 Å². The van der Waals surface area contributed by atoms with Crippen LogP contribution in [0.3, 0.4) is 0 Å². The number of benzene rings is 1. The summed E-state index contributed by atoms with van der Waals surface area (Å²) in [6.45, 7) is 1.57. The molecular weight excluding hydrogens is 184 g/mol. The van der Waals surface area contributed by atoms with Crippen molar-refractivity contribution < 1.29 is 19.8 Å². The van der Waals surface area contributed by atoms with Gasteiger partial charge in [-0.05, 0) is 12.1 Å². The van der Waals surface area contributed by atoms with E-state index < -0.39 is 11.6 Å².